The smallest absolute Gasteiger partial charge is 0.218 e. The third-order valence-electron chi connectivity index (χ3n) is 15.1. The van der Waals surface area contributed by atoms with Gasteiger partial charge in [0.05, 0.1) is 55.7 Å². The van der Waals surface area contributed by atoms with Crippen LogP contribution in [0, 0.1) is 29.6 Å². The summed E-state index contributed by atoms with van der Waals surface area (Å²) >= 11 is 3.33. The second-order valence-electron chi connectivity index (χ2n) is 29.9. The normalized spacial score (nSPS) is 13.0. The van der Waals surface area contributed by atoms with E-state index in [2.05, 4.69) is 280 Å². The van der Waals surface area contributed by atoms with Gasteiger partial charge in [-0.3, -0.25) is 24.7 Å². The minimum Gasteiger partial charge on any atom is -0.469 e. The highest BCUT2D eigenvalue weighted by Crippen LogP contribution is 2.19. The lowest BCUT2D eigenvalue weighted by Crippen LogP contribution is -2.03. The van der Waals surface area contributed by atoms with Crippen LogP contribution in [0.15, 0.2) is 204 Å². The molecule has 26 heteroatoms. The van der Waals surface area contributed by atoms with Gasteiger partial charge >= 0.3 is 0 Å². The highest BCUT2D eigenvalue weighted by molar-refractivity contribution is 7.09. The molecule has 1 N–H and O–H groups in total. The van der Waals surface area contributed by atoms with E-state index in [1.165, 1.54) is 46.2 Å². The average molecular weight is 1580 g/mol. The molecule has 14 rings (SSSR count). The van der Waals surface area contributed by atoms with Crippen molar-refractivity contribution in [1.82, 2.24) is 65.3 Å². The first-order valence-corrected chi connectivity index (χ1v) is 40.9. The Balaban J connectivity index is 0.000000603. The molecular weight excluding hydrogens is 1440 g/mol. The first-order valence-electron chi connectivity index (χ1n) is 39.2. The van der Waals surface area contributed by atoms with Gasteiger partial charge in [-0.05, 0) is 73.3 Å². The number of hydrogen-bond donors (Lipinski definition) is 1. The van der Waals surface area contributed by atoms with Crippen molar-refractivity contribution in [2.75, 3.05) is 19.6 Å². The molecule has 0 atom stereocenters. The summed E-state index contributed by atoms with van der Waals surface area (Å²) < 4.78 is 26.7. The lowest BCUT2D eigenvalue weighted by atomic mass is 10.1. The Hall–Kier alpha value is -9.43. The molecule has 0 saturated heterocycles. The maximum atomic E-state index is 5.09. The number of H-pyrrole nitrogens is 1. The molecule has 0 fully saturated rings. The second kappa shape index (κ2) is 60.3. The van der Waals surface area contributed by atoms with Gasteiger partial charge in [0.1, 0.15) is 40.4 Å². The largest absolute Gasteiger partial charge is 0.469 e. The Morgan fingerprint density at radius 3 is 1.30 bits per heavy atom. The third-order valence-corrected chi connectivity index (χ3v) is 17.2. The monoisotopic (exact) mass is 1580 g/mol. The molecule has 0 spiro atoms. The fourth-order valence-corrected chi connectivity index (χ4v) is 9.55. The van der Waals surface area contributed by atoms with Crippen LogP contribution in [-0.2, 0) is 0 Å². The summed E-state index contributed by atoms with van der Waals surface area (Å²) in [5, 5.41) is 34.3. The van der Waals surface area contributed by atoms with Crippen molar-refractivity contribution in [3.63, 3.8) is 0 Å². The molecule has 14 heterocycles. The molecular formula is C86H135N19O5S2. The minimum atomic E-state index is 0.345. The van der Waals surface area contributed by atoms with E-state index >= 15 is 0 Å². The summed E-state index contributed by atoms with van der Waals surface area (Å²) in [5.74, 6) is 12.2. The zero-order valence-corrected chi connectivity index (χ0v) is 74.2. The van der Waals surface area contributed by atoms with Gasteiger partial charge in [0, 0.05) is 138 Å². The molecule has 9 aromatic rings. The third kappa shape index (κ3) is 47.7. The van der Waals surface area contributed by atoms with Crippen LogP contribution < -0.4 is 0 Å². The van der Waals surface area contributed by atoms with Gasteiger partial charge in [0.15, 0.2) is 18.2 Å². The molecule has 112 heavy (non-hydrogen) atoms. The predicted octanol–water partition coefficient (Wildman–Crippen LogP) is 23.7. The number of thiazole rings is 1. The van der Waals surface area contributed by atoms with Crippen molar-refractivity contribution in [1.29, 1.82) is 0 Å². The van der Waals surface area contributed by atoms with Crippen molar-refractivity contribution in [3.8, 4) is 0 Å². The van der Waals surface area contributed by atoms with Gasteiger partial charge < -0.3 is 27.1 Å². The van der Waals surface area contributed by atoms with Crippen molar-refractivity contribution in [2.45, 2.75) is 260 Å². The molecule has 616 valence electrons. The predicted molar refractivity (Wildman–Crippen MR) is 466 cm³/mol. The fourth-order valence-electron chi connectivity index (χ4n) is 8.32. The summed E-state index contributed by atoms with van der Waals surface area (Å²) in [6.07, 6.45) is 42.2. The maximum Gasteiger partial charge on any atom is 0.218 e. The van der Waals surface area contributed by atoms with E-state index in [4.69, 9.17) is 22.1 Å². The van der Waals surface area contributed by atoms with E-state index in [1.54, 1.807) is 82.6 Å². The van der Waals surface area contributed by atoms with Crippen LogP contribution in [0.5, 0.6) is 0 Å². The van der Waals surface area contributed by atoms with Crippen LogP contribution in [0.2, 0.25) is 0 Å². The molecule has 5 aliphatic rings. The number of nitrogens with zero attached hydrogens (tertiary/aromatic N) is 18. The number of nitrogens with one attached hydrogen (secondary N) is 1. The van der Waals surface area contributed by atoms with E-state index in [9.17, 15) is 0 Å². The van der Waals surface area contributed by atoms with Gasteiger partial charge in [-0.1, -0.05) is 210 Å². The summed E-state index contributed by atoms with van der Waals surface area (Å²) in [5.41, 5.74) is 8.06. The quantitative estimate of drug-likeness (QED) is 0.106. The van der Waals surface area contributed by atoms with Crippen LogP contribution in [0.4, 0.5) is 0 Å². The number of aliphatic imine (C=N–C) groups is 4. The van der Waals surface area contributed by atoms with Crippen molar-refractivity contribution in [3.05, 3.63) is 197 Å². The molecule has 0 aliphatic carbocycles. The first kappa shape index (κ1) is 101. The number of rotatable bonds is 14. The van der Waals surface area contributed by atoms with E-state index in [1.807, 2.05) is 96.3 Å². The van der Waals surface area contributed by atoms with Crippen LogP contribution in [-0.4, -0.2) is 121 Å². The topological polar surface area (TPSA) is 302 Å². The summed E-state index contributed by atoms with van der Waals surface area (Å²) in [4.78, 5) is 39.6. The van der Waals surface area contributed by atoms with Gasteiger partial charge in [-0.25, -0.2) is 24.9 Å². The Kier molecular flexibility index (Phi) is 54.1. The molecule has 24 nitrogen and oxygen atoms in total. The zero-order chi connectivity index (χ0) is 83.8. The Bertz CT molecular complexity index is 3240. The standard InChI is InChI=1S/4C7H11N.C7H10O.2C6H10N2.3C6H9NO.C6H9NS.C5H9N3.C5H8N2O.C5H8N2S/c1-6(2)7-3-4-8-5-7;4*1-6(2)7-4-3-5-8-7;1-5(2)6-7-3-4-8-6;1-5(2)6-3-4-7-8-6;1-5(2)6-3-7-4-8-6;3*1-5(2)6-7-3-4-8-6;1-5(2)8-4-3-6-7-8;2*1-4(2)5-7-6-3-8-5/h3,5-6H,4H2,1-2H3;4-6H,3H2,1-2H3;2*3-4,6H,5H2,1-2H3;3-6H,1-2H3;3-5H,1-2H3,(H,7,8);4-5H,3H2,1-2H3;5*3-5H,1-2H3;2*3-4H,1-2H3. The maximum absolute atomic E-state index is 5.09. The number of aromatic amines is 1. The van der Waals surface area contributed by atoms with Crippen molar-refractivity contribution < 1.29 is 22.1 Å². The number of hydrogen-bond acceptors (Lipinski definition) is 24. The number of oxazole rings is 3. The van der Waals surface area contributed by atoms with E-state index in [-0.39, 0.29) is 0 Å². The van der Waals surface area contributed by atoms with Gasteiger partial charge in [-0.15, -0.1) is 48.2 Å². The summed E-state index contributed by atoms with van der Waals surface area (Å²) in [7, 11) is 0. The molecule has 0 aromatic carbocycles. The number of imidazole rings is 1. The summed E-state index contributed by atoms with van der Waals surface area (Å²) in [6.45, 7) is 61.7. The number of furan rings is 1. The molecule has 5 aliphatic heterocycles. The fraction of sp³-hybridized carbons (Fsp3) is 0.547. The lowest BCUT2D eigenvalue weighted by molar-refractivity contribution is 0.470. The van der Waals surface area contributed by atoms with E-state index in [0.29, 0.717) is 88.9 Å². The molecule has 0 unspecified atom stereocenters. The molecule has 0 amide bonds. The van der Waals surface area contributed by atoms with Crippen LogP contribution in [0.1, 0.15) is 305 Å². The molecule has 0 saturated carbocycles. The van der Waals surface area contributed by atoms with Crippen LogP contribution >= 0.6 is 22.7 Å². The second-order valence-corrected chi connectivity index (χ2v) is 31.6. The lowest BCUT2D eigenvalue weighted by Gasteiger charge is -2.00. The number of aromatic nitrogens is 13. The van der Waals surface area contributed by atoms with Gasteiger partial charge in [0.25, 0.3) is 0 Å². The van der Waals surface area contributed by atoms with Crippen molar-refractivity contribution in [2.24, 2.45) is 59.8 Å². The highest BCUT2D eigenvalue weighted by Gasteiger charge is 2.09. The Morgan fingerprint density at radius 1 is 0.473 bits per heavy atom. The molecule has 9 aromatic heterocycles. The first-order chi connectivity index (χ1) is 53.3. The Morgan fingerprint density at radius 2 is 1.09 bits per heavy atom. The SMILES string of the molecule is CC(C)C1=CCC=N1.CC(C)C1=CCN=C1.CC(C)C1=NCC=C1.CC(C)C1=NCC=C1.CC(C)C1=NN=CC1.CC(C)c1ccco1.CC(C)c1cnco1.CC(C)c1ncc[nH]1.CC(C)c1ncco1.CC(C)c1ncco1.CC(C)c1nccs1.CC(C)c1nnco1.CC(C)c1nncs1.CC(C)n1ccnn1. The van der Waals surface area contributed by atoms with E-state index in [0.717, 1.165) is 66.6 Å². The van der Waals surface area contributed by atoms with Gasteiger partial charge in [0.2, 0.25) is 12.3 Å². The van der Waals surface area contributed by atoms with Gasteiger partial charge in [-0.2, -0.15) is 10.2 Å². The minimum absolute atomic E-state index is 0.345. The molecule has 0 radical (unpaired) electrons. The van der Waals surface area contributed by atoms with Crippen molar-refractivity contribution >= 4 is 58.5 Å². The number of allylic oxidation sites excluding steroid dienone is 5. The van der Waals surface area contributed by atoms with Crippen LogP contribution in [0.3, 0.4) is 0 Å². The molecule has 0 bridgehead atoms. The van der Waals surface area contributed by atoms with Crippen LogP contribution in [0.25, 0.3) is 0 Å². The summed E-state index contributed by atoms with van der Waals surface area (Å²) in [6, 6.07) is 4.33. The van der Waals surface area contributed by atoms with E-state index < -0.39 is 0 Å². The highest BCUT2D eigenvalue weighted by atomic mass is 32.1. The zero-order valence-electron chi connectivity index (χ0n) is 72.5. The average Bonchev–Trinajstić information content (AvgIpc) is 3.80. The Labute approximate surface area is 678 Å².